The van der Waals surface area contributed by atoms with Gasteiger partial charge in [0.2, 0.25) is 0 Å². The summed E-state index contributed by atoms with van der Waals surface area (Å²) in [6.45, 7) is 8.42. The molecule has 4 N–H and O–H groups in total. The van der Waals surface area contributed by atoms with Gasteiger partial charge in [-0.05, 0) is 75.1 Å². The molecule has 4 nitrogen and oxygen atoms in total. The van der Waals surface area contributed by atoms with Crippen molar-refractivity contribution in [1.82, 2.24) is 0 Å². The molecule has 2 atom stereocenters. The standard InChI is InChI=1S/C20H31N3O/c1-13-6-17(23-9-14(2)24-15(3)10-23)4-5-18(13)20(22)11-19(12-20)7-16(21)8-19/h4-6,14-16H,7-12,21-22H2,1-3H3. The monoisotopic (exact) mass is 329 g/mol. The van der Waals surface area contributed by atoms with Crippen molar-refractivity contribution in [3.05, 3.63) is 29.3 Å². The maximum atomic E-state index is 6.75. The Bertz CT molecular complexity index is 620. The fourth-order valence-electron chi connectivity index (χ4n) is 5.61. The Hall–Kier alpha value is -1.10. The van der Waals surface area contributed by atoms with Crippen LogP contribution in [0.4, 0.5) is 5.69 Å². The number of morpholine rings is 1. The van der Waals surface area contributed by atoms with E-state index in [0.717, 1.165) is 38.8 Å². The second-order valence-electron chi connectivity index (χ2n) is 8.84. The van der Waals surface area contributed by atoms with Crippen molar-refractivity contribution in [1.29, 1.82) is 0 Å². The molecule has 4 rings (SSSR count). The molecule has 4 heteroatoms. The summed E-state index contributed by atoms with van der Waals surface area (Å²) in [4.78, 5) is 2.44. The maximum absolute atomic E-state index is 6.75. The van der Waals surface area contributed by atoms with Crippen LogP contribution in [0.5, 0.6) is 0 Å². The van der Waals surface area contributed by atoms with Crippen molar-refractivity contribution in [3.63, 3.8) is 0 Å². The van der Waals surface area contributed by atoms with E-state index in [4.69, 9.17) is 16.2 Å². The van der Waals surface area contributed by atoms with E-state index < -0.39 is 0 Å². The molecule has 2 aliphatic carbocycles. The summed E-state index contributed by atoms with van der Waals surface area (Å²) in [6.07, 6.45) is 5.07. The van der Waals surface area contributed by atoms with Gasteiger partial charge in [0.15, 0.2) is 0 Å². The lowest BCUT2D eigenvalue weighted by Gasteiger charge is -2.62. The van der Waals surface area contributed by atoms with Gasteiger partial charge in [-0.1, -0.05) is 6.07 Å². The zero-order valence-electron chi connectivity index (χ0n) is 15.2. The van der Waals surface area contributed by atoms with Crippen LogP contribution >= 0.6 is 0 Å². The van der Waals surface area contributed by atoms with Gasteiger partial charge in [-0.25, -0.2) is 0 Å². The SMILES string of the molecule is Cc1cc(N2CC(C)OC(C)C2)ccc1C1(N)CC2(CC(N)C2)C1. The van der Waals surface area contributed by atoms with Gasteiger partial charge in [-0.15, -0.1) is 0 Å². The lowest BCUT2D eigenvalue weighted by Crippen LogP contribution is -2.63. The normalized spacial score (nSPS) is 41.9. The average Bonchev–Trinajstić information content (AvgIpc) is 2.42. The number of nitrogens with zero attached hydrogens (tertiary/aromatic N) is 1. The number of rotatable bonds is 2. The van der Waals surface area contributed by atoms with Crippen LogP contribution in [0.25, 0.3) is 0 Å². The number of nitrogens with two attached hydrogens (primary N) is 2. The molecule has 1 aliphatic heterocycles. The molecule has 24 heavy (non-hydrogen) atoms. The minimum Gasteiger partial charge on any atom is -0.372 e. The fraction of sp³-hybridized carbons (Fsp3) is 0.700. The van der Waals surface area contributed by atoms with Gasteiger partial charge in [0.25, 0.3) is 0 Å². The van der Waals surface area contributed by atoms with E-state index in [9.17, 15) is 0 Å². The molecule has 0 amide bonds. The second-order valence-corrected chi connectivity index (χ2v) is 8.84. The molecule has 0 radical (unpaired) electrons. The summed E-state index contributed by atoms with van der Waals surface area (Å²) in [5.41, 5.74) is 17.0. The third-order valence-electron chi connectivity index (χ3n) is 6.30. The molecule has 1 spiro atoms. The van der Waals surface area contributed by atoms with E-state index in [1.54, 1.807) is 0 Å². The minimum absolute atomic E-state index is 0.144. The van der Waals surface area contributed by atoms with Crippen LogP contribution in [0.2, 0.25) is 0 Å². The minimum atomic E-state index is -0.144. The van der Waals surface area contributed by atoms with Crippen LogP contribution in [-0.4, -0.2) is 31.3 Å². The summed E-state index contributed by atoms with van der Waals surface area (Å²) in [6, 6.07) is 7.23. The molecular formula is C20H31N3O. The Morgan fingerprint density at radius 1 is 1.12 bits per heavy atom. The first kappa shape index (κ1) is 16.4. The zero-order chi connectivity index (χ0) is 17.1. The van der Waals surface area contributed by atoms with Crippen molar-refractivity contribution in [2.75, 3.05) is 18.0 Å². The molecule has 3 aliphatic rings. The van der Waals surface area contributed by atoms with Gasteiger partial charge in [-0.2, -0.15) is 0 Å². The highest BCUT2D eigenvalue weighted by atomic mass is 16.5. The van der Waals surface area contributed by atoms with Gasteiger partial charge in [0, 0.05) is 30.4 Å². The molecule has 2 saturated carbocycles. The van der Waals surface area contributed by atoms with E-state index in [-0.39, 0.29) is 17.7 Å². The zero-order valence-corrected chi connectivity index (χ0v) is 15.2. The molecule has 0 aromatic heterocycles. The summed E-state index contributed by atoms with van der Waals surface area (Å²) < 4.78 is 5.85. The third kappa shape index (κ3) is 2.65. The van der Waals surface area contributed by atoms with Crippen LogP contribution in [-0.2, 0) is 10.3 Å². The van der Waals surface area contributed by atoms with E-state index in [1.165, 1.54) is 16.8 Å². The first-order chi connectivity index (χ1) is 11.3. The van der Waals surface area contributed by atoms with Crippen molar-refractivity contribution < 1.29 is 4.74 Å². The Balaban J connectivity index is 1.51. The Labute approximate surface area is 145 Å². The molecule has 1 aromatic rings. The van der Waals surface area contributed by atoms with Gasteiger partial charge in [0.1, 0.15) is 0 Å². The molecule has 132 valence electrons. The van der Waals surface area contributed by atoms with E-state index in [1.807, 2.05) is 0 Å². The summed E-state index contributed by atoms with van der Waals surface area (Å²) in [7, 11) is 0. The lowest BCUT2D eigenvalue weighted by molar-refractivity contribution is -0.0592. The van der Waals surface area contributed by atoms with Crippen LogP contribution in [0, 0.1) is 12.3 Å². The van der Waals surface area contributed by atoms with Crippen LogP contribution in [0.3, 0.4) is 0 Å². The number of hydrogen-bond acceptors (Lipinski definition) is 4. The Kier molecular flexibility index (Phi) is 3.72. The van der Waals surface area contributed by atoms with Crippen LogP contribution < -0.4 is 16.4 Å². The highest BCUT2D eigenvalue weighted by molar-refractivity contribution is 5.53. The molecule has 1 heterocycles. The molecule has 0 bridgehead atoms. The van der Waals surface area contributed by atoms with Crippen molar-refractivity contribution in [3.8, 4) is 0 Å². The molecule has 1 aromatic carbocycles. The third-order valence-corrected chi connectivity index (χ3v) is 6.30. The van der Waals surface area contributed by atoms with E-state index in [2.05, 4.69) is 43.9 Å². The smallest absolute Gasteiger partial charge is 0.0726 e. The highest BCUT2D eigenvalue weighted by Crippen LogP contribution is 2.62. The predicted octanol–water partition coefficient (Wildman–Crippen LogP) is 2.66. The Morgan fingerprint density at radius 2 is 1.75 bits per heavy atom. The number of ether oxygens (including phenoxy) is 1. The molecule has 3 fully saturated rings. The summed E-state index contributed by atoms with van der Waals surface area (Å²) in [5.74, 6) is 0. The first-order valence-corrected chi connectivity index (χ1v) is 9.35. The van der Waals surface area contributed by atoms with Gasteiger partial charge in [0.05, 0.1) is 12.2 Å². The highest BCUT2D eigenvalue weighted by Gasteiger charge is 2.58. The first-order valence-electron chi connectivity index (χ1n) is 9.35. The maximum Gasteiger partial charge on any atom is 0.0726 e. The quantitative estimate of drug-likeness (QED) is 0.875. The number of anilines is 1. The fourth-order valence-corrected chi connectivity index (χ4v) is 5.61. The topological polar surface area (TPSA) is 64.5 Å². The van der Waals surface area contributed by atoms with Gasteiger partial charge >= 0.3 is 0 Å². The summed E-state index contributed by atoms with van der Waals surface area (Å²) in [5, 5.41) is 0. The number of benzene rings is 1. The Morgan fingerprint density at radius 3 is 2.29 bits per heavy atom. The molecule has 1 saturated heterocycles. The second kappa shape index (κ2) is 5.45. The molecule has 2 unspecified atom stereocenters. The summed E-state index contributed by atoms with van der Waals surface area (Å²) >= 11 is 0. The van der Waals surface area contributed by atoms with E-state index in [0.29, 0.717) is 11.5 Å². The van der Waals surface area contributed by atoms with Gasteiger partial charge in [-0.3, -0.25) is 0 Å². The lowest BCUT2D eigenvalue weighted by atomic mass is 9.46. The van der Waals surface area contributed by atoms with Crippen LogP contribution in [0.1, 0.15) is 50.7 Å². The molecular weight excluding hydrogens is 298 g/mol. The van der Waals surface area contributed by atoms with E-state index >= 15 is 0 Å². The van der Waals surface area contributed by atoms with Crippen LogP contribution in [0.15, 0.2) is 18.2 Å². The number of aryl methyl sites for hydroxylation is 1. The predicted molar refractivity (Wildman–Crippen MR) is 98.1 cm³/mol. The largest absolute Gasteiger partial charge is 0.372 e. The number of hydrogen-bond donors (Lipinski definition) is 2. The van der Waals surface area contributed by atoms with Crippen molar-refractivity contribution >= 4 is 5.69 Å². The van der Waals surface area contributed by atoms with Gasteiger partial charge < -0.3 is 21.1 Å². The average molecular weight is 329 g/mol. The van der Waals surface area contributed by atoms with Crippen molar-refractivity contribution in [2.45, 2.75) is 70.2 Å². The van der Waals surface area contributed by atoms with Crippen molar-refractivity contribution in [2.24, 2.45) is 16.9 Å².